The summed E-state index contributed by atoms with van der Waals surface area (Å²) in [7, 11) is 0. The van der Waals surface area contributed by atoms with Gasteiger partial charge in [-0.2, -0.15) is 5.26 Å². The Morgan fingerprint density at radius 3 is 2.74 bits per heavy atom. The van der Waals surface area contributed by atoms with E-state index in [2.05, 4.69) is 26.3 Å². The molecule has 2 aliphatic heterocycles. The van der Waals surface area contributed by atoms with E-state index in [1.165, 1.54) is 12.3 Å². The number of rotatable bonds is 5. The number of halogens is 1. The van der Waals surface area contributed by atoms with Crippen molar-refractivity contribution in [3.8, 4) is 17.3 Å². The first-order chi connectivity index (χ1) is 16.6. The number of imidazole rings is 1. The summed E-state index contributed by atoms with van der Waals surface area (Å²) < 4.78 is 22.9. The van der Waals surface area contributed by atoms with Crippen molar-refractivity contribution >= 4 is 17.0 Å². The quantitative estimate of drug-likeness (QED) is 0.507. The third-order valence-corrected chi connectivity index (χ3v) is 6.76. The number of hydrogen-bond acceptors (Lipinski definition) is 8. The zero-order valence-corrected chi connectivity index (χ0v) is 20.2. The molecule has 0 radical (unpaired) electrons. The number of aliphatic hydroxyl groups excluding tert-OH is 1. The maximum Gasteiger partial charge on any atom is 0.223 e. The number of nitriles is 1. The molecule has 10 heteroatoms. The van der Waals surface area contributed by atoms with Crippen molar-refractivity contribution in [1.82, 2.24) is 19.5 Å². The molecule has 2 bridgehead atoms. The predicted molar refractivity (Wildman–Crippen MR) is 127 cm³/mol. The van der Waals surface area contributed by atoms with Crippen LogP contribution in [0.1, 0.15) is 64.4 Å². The van der Waals surface area contributed by atoms with E-state index in [1.807, 2.05) is 13.8 Å². The Morgan fingerprint density at radius 2 is 2.06 bits per heavy atom. The maximum absolute atomic E-state index is 15.3. The second-order valence-corrected chi connectivity index (χ2v) is 10.2. The van der Waals surface area contributed by atoms with Crippen LogP contribution in [0.5, 0.6) is 0 Å². The number of nitrogens with zero attached hydrogens (tertiary/aromatic N) is 5. The van der Waals surface area contributed by atoms with E-state index in [1.54, 1.807) is 24.5 Å². The highest BCUT2D eigenvalue weighted by Crippen LogP contribution is 2.35. The van der Waals surface area contributed by atoms with Crippen LogP contribution in [0.2, 0.25) is 0 Å². The van der Waals surface area contributed by atoms with Gasteiger partial charge >= 0.3 is 0 Å². The Labute approximate surface area is 202 Å². The van der Waals surface area contributed by atoms with E-state index in [4.69, 9.17) is 4.74 Å². The maximum atomic E-state index is 15.3. The summed E-state index contributed by atoms with van der Waals surface area (Å²) in [6, 6.07) is 4.74. The van der Waals surface area contributed by atoms with Crippen molar-refractivity contribution in [3.63, 3.8) is 0 Å². The summed E-state index contributed by atoms with van der Waals surface area (Å²) in [5.74, 6) is 0.0301. The van der Waals surface area contributed by atoms with Crippen LogP contribution in [0.3, 0.4) is 0 Å². The SMILES string of the molecule is CC(C)n1c(C(C)(C)O)nc2c(F)cc(-c3nc(N[C@@H]4C[C@H]5CC[C@H](O5)[C@H]4O)ncc3C#N)cc21. The lowest BCUT2D eigenvalue weighted by molar-refractivity contribution is -0.0811. The zero-order chi connectivity index (χ0) is 25.1. The second kappa shape index (κ2) is 8.52. The smallest absolute Gasteiger partial charge is 0.223 e. The van der Waals surface area contributed by atoms with Crippen LogP contribution in [0.4, 0.5) is 10.3 Å². The van der Waals surface area contributed by atoms with Gasteiger partial charge in [-0.3, -0.25) is 0 Å². The number of fused-ring (bicyclic) bond motifs is 3. The number of aliphatic hydroxyl groups is 2. The van der Waals surface area contributed by atoms with Gasteiger partial charge in [-0.25, -0.2) is 19.3 Å². The number of aromatic nitrogens is 4. The first-order valence-corrected chi connectivity index (χ1v) is 11.9. The Balaban J connectivity index is 1.58. The van der Waals surface area contributed by atoms with E-state index in [9.17, 15) is 15.5 Å². The molecule has 5 rings (SSSR count). The van der Waals surface area contributed by atoms with Crippen molar-refractivity contribution in [1.29, 1.82) is 5.26 Å². The molecule has 0 amide bonds. The molecule has 1 aromatic carbocycles. The lowest BCUT2D eigenvalue weighted by atomic mass is 10.0. The topological polar surface area (TPSA) is 129 Å². The minimum Gasteiger partial charge on any atom is -0.388 e. The van der Waals surface area contributed by atoms with Crippen LogP contribution >= 0.6 is 0 Å². The van der Waals surface area contributed by atoms with Crippen LogP contribution in [0.15, 0.2) is 18.3 Å². The van der Waals surface area contributed by atoms with Gasteiger partial charge in [-0.1, -0.05) is 0 Å². The molecular formula is C25H29FN6O3. The number of ether oxygens (including phenoxy) is 1. The molecule has 2 aromatic heterocycles. The second-order valence-electron chi connectivity index (χ2n) is 10.2. The average Bonchev–Trinajstić information content (AvgIpc) is 3.40. The molecule has 0 aliphatic carbocycles. The Bertz CT molecular complexity index is 1330. The number of hydrogen-bond donors (Lipinski definition) is 3. The van der Waals surface area contributed by atoms with Crippen LogP contribution in [-0.2, 0) is 10.3 Å². The van der Waals surface area contributed by atoms with Gasteiger partial charge in [0.05, 0.1) is 41.2 Å². The van der Waals surface area contributed by atoms with Crippen molar-refractivity contribution < 1.29 is 19.3 Å². The van der Waals surface area contributed by atoms with E-state index >= 15 is 4.39 Å². The van der Waals surface area contributed by atoms with Gasteiger partial charge < -0.3 is 24.8 Å². The molecule has 184 valence electrons. The summed E-state index contributed by atoms with van der Waals surface area (Å²) in [6.07, 6.45) is 2.96. The fraction of sp³-hybridized carbons (Fsp3) is 0.520. The highest BCUT2D eigenvalue weighted by atomic mass is 19.1. The van der Waals surface area contributed by atoms with Gasteiger partial charge in [0.15, 0.2) is 5.82 Å². The van der Waals surface area contributed by atoms with E-state index in [0.717, 1.165) is 12.8 Å². The molecule has 4 atom stereocenters. The molecule has 9 nitrogen and oxygen atoms in total. The van der Waals surface area contributed by atoms with Gasteiger partial charge in [0, 0.05) is 11.6 Å². The Kier molecular flexibility index (Phi) is 5.74. The van der Waals surface area contributed by atoms with Gasteiger partial charge in [0.25, 0.3) is 0 Å². The molecule has 0 saturated carbocycles. The monoisotopic (exact) mass is 480 g/mol. The van der Waals surface area contributed by atoms with E-state index in [0.29, 0.717) is 23.3 Å². The Morgan fingerprint density at radius 1 is 1.29 bits per heavy atom. The van der Waals surface area contributed by atoms with Crippen LogP contribution in [-0.4, -0.2) is 54.1 Å². The number of nitrogens with one attached hydrogen (secondary N) is 1. The molecule has 2 aliphatic rings. The van der Waals surface area contributed by atoms with Crippen LogP contribution in [0, 0.1) is 17.1 Å². The first kappa shape index (κ1) is 23.6. The molecule has 0 unspecified atom stereocenters. The van der Waals surface area contributed by atoms with Crippen molar-refractivity contribution in [2.24, 2.45) is 0 Å². The van der Waals surface area contributed by atoms with Gasteiger partial charge in [0.1, 0.15) is 29.1 Å². The Hall–Kier alpha value is -3.13. The minimum atomic E-state index is -1.27. The minimum absolute atomic E-state index is 0.0940. The molecule has 3 N–H and O–H groups in total. The van der Waals surface area contributed by atoms with Crippen LogP contribution in [0.25, 0.3) is 22.3 Å². The molecule has 3 aromatic rings. The standard InChI is InChI=1S/C25H29FN6O3/c1-12(2)32-18-8-13(7-16(26)21(18)30-23(32)25(3,4)34)20-14(10-27)11-28-24(31-20)29-17-9-15-5-6-19(35-15)22(17)33/h7-8,11-12,15,17,19,22,33-34H,5-6,9H2,1-4H3,(H,28,29,31)/t15-,17-,19+,22+/m1/s1. The highest BCUT2D eigenvalue weighted by molar-refractivity contribution is 5.84. The summed E-state index contributed by atoms with van der Waals surface area (Å²) in [5, 5.41) is 34.2. The molecule has 0 spiro atoms. The van der Waals surface area contributed by atoms with Gasteiger partial charge in [0.2, 0.25) is 5.95 Å². The fourth-order valence-corrected chi connectivity index (χ4v) is 5.15. The summed E-state index contributed by atoms with van der Waals surface area (Å²) in [5.41, 5.74) is 0.237. The lowest BCUT2D eigenvalue weighted by Crippen LogP contribution is -2.47. The summed E-state index contributed by atoms with van der Waals surface area (Å²) in [6.45, 7) is 7.08. The van der Waals surface area contributed by atoms with Crippen molar-refractivity contribution in [2.45, 2.75) is 83.0 Å². The van der Waals surface area contributed by atoms with E-state index < -0.39 is 17.5 Å². The molecule has 4 heterocycles. The van der Waals surface area contributed by atoms with Gasteiger partial charge in [-0.05, 0) is 59.1 Å². The van der Waals surface area contributed by atoms with Crippen molar-refractivity contribution in [2.75, 3.05) is 5.32 Å². The fourth-order valence-electron chi connectivity index (χ4n) is 5.15. The van der Waals surface area contributed by atoms with Gasteiger partial charge in [-0.15, -0.1) is 0 Å². The molecular weight excluding hydrogens is 451 g/mol. The first-order valence-electron chi connectivity index (χ1n) is 11.9. The zero-order valence-electron chi connectivity index (χ0n) is 20.2. The lowest BCUT2D eigenvalue weighted by Gasteiger charge is -2.33. The molecule has 35 heavy (non-hydrogen) atoms. The molecule has 2 saturated heterocycles. The highest BCUT2D eigenvalue weighted by Gasteiger charge is 2.42. The average molecular weight is 481 g/mol. The van der Waals surface area contributed by atoms with Crippen molar-refractivity contribution in [3.05, 3.63) is 35.5 Å². The number of anilines is 1. The van der Waals surface area contributed by atoms with Crippen LogP contribution < -0.4 is 5.32 Å². The normalized spacial score (nSPS) is 24.2. The summed E-state index contributed by atoms with van der Waals surface area (Å²) >= 11 is 0. The molecule has 2 fully saturated rings. The number of benzene rings is 1. The van der Waals surface area contributed by atoms with E-state index in [-0.39, 0.29) is 47.0 Å². The summed E-state index contributed by atoms with van der Waals surface area (Å²) in [4.78, 5) is 13.2. The largest absolute Gasteiger partial charge is 0.388 e. The third kappa shape index (κ3) is 4.14. The third-order valence-electron chi connectivity index (χ3n) is 6.76. The predicted octanol–water partition coefficient (Wildman–Crippen LogP) is 3.41.